The molecule has 0 aliphatic rings. The van der Waals surface area contributed by atoms with Gasteiger partial charge in [0.2, 0.25) is 0 Å². The van der Waals surface area contributed by atoms with Crippen molar-refractivity contribution in [1.29, 1.82) is 0 Å². The average Bonchev–Trinajstić information content (AvgIpc) is 2.88. The van der Waals surface area contributed by atoms with Crippen LogP contribution >= 0.6 is 0 Å². The van der Waals surface area contributed by atoms with Gasteiger partial charge in [0.15, 0.2) is 0 Å². The summed E-state index contributed by atoms with van der Waals surface area (Å²) in [5.41, 5.74) is 2.36. The molecule has 1 N–H and O–H groups in total. The molecule has 0 saturated carbocycles. The summed E-state index contributed by atoms with van der Waals surface area (Å²) >= 11 is 0. The third kappa shape index (κ3) is 19.6. The molecule has 7 heteroatoms. The lowest BCUT2D eigenvalue weighted by molar-refractivity contribution is 0.00451. The largest absolute Gasteiger partial charge is 0.394 e. The summed E-state index contributed by atoms with van der Waals surface area (Å²) in [7, 11) is 0. The van der Waals surface area contributed by atoms with Gasteiger partial charge in [-0.3, -0.25) is 0 Å². The van der Waals surface area contributed by atoms with Crippen molar-refractivity contribution in [1.82, 2.24) is 0 Å². The smallest absolute Gasteiger partial charge is 0.0718 e. The zero-order valence-corrected chi connectivity index (χ0v) is 20.6. The molecular weight excluding hydrogens is 436 g/mol. The van der Waals surface area contributed by atoms with Crippen LogP contribution in [0.25, 0.3) is 0 Å². The molecule has 2 aromatic rings. The molecule has 0 aliphatic heterocycles. The Morgan fingerprint density at radius 1 is 0.471 bits per heavy atom. The monoisotopic (exact) mass is 478 g/mol. The first kappa shape index (κ1) is 30.2. The molecule has 192 valence electrons. The Morgan fingerprint density at radius 2 is 0.824 bits per heavy atom. The van der Waals surface area contributed by atoms with Crippen molar-refractivity contribution in [3.05, 3.63) is 71.8 Å². The highest BCUT2D eigenvalue weighted by Crippen LogP contribution is 2.00. The molecule has 0 unspecified atom stereocenters. The van der Waals surface area contributed by atoms with Crippen LogP contribution < -0.4 is 0 Å². The lowest BCUT2D eigenvalue weighted by Gasteiger charge is -2.06. The Hall–Kier alpha value is -1.84. The van der Waals surface area contributed by atoms with E-state index in [0.717, 1.165) is 13.0 Å². The van der Waals surface area contributed by atoms with E-state index >= 15 is 0 Å². The standard InChI is InChI=1S/C14H22O3.C13H20O4/c1-2-8-15-9-10-16-11-12-17-13-14-6-4-3-5-7-14;14-6-7-15-8-9-16-10-11-17-12-13-4-2-1-3-5-13/h3-7H,2,8-13H2,1H3;1-5,14H,6-12H2. The normalized spacial score (nSPS) is 10.6. The summed E-state index contributed by atoms with van der Waals surface area (Å²) in [5.74, 6) is 0. The van der Waals surface area contributed by atoms with Crippen molar-refractivity contribution in [3.8, 4) is 0 Å². The second kappa shape index (κ2) is 24.3. The first-order valence-electron chi connectivity index (χ1n) is 12.0. The predicted molar refractivity (Wildman–Crippen MR) is 133 cm³/mol. The summed E-state index contributed by atoms with van der Waals surface area (Å²) in [5, 5.41) is 8.46. The maximum absolute atomic E-state index is 8.46. The Bertz CT molecular complexity index is 582. The van der Waals surface area contributed by atoms with Crippen LogP contribution in [0.4, 0.5) is 0 Å². The van der Waals surface area contributed by atoms with E-state index in [1.165, 1.54) is 11.1 Å². The van der Waals surface area contributed by atoms with E-state index in [9.17, 15) is 0 Å². The van der Waals surface area contributed by atoms with Gasteiger partial charge in [-0.15, -0.1) is 0 Å². The van der Waals surface area contributed by atoms with E-state index in [1.54, 1.807) is 0 Å². The molecule has 0 spiro atoms. The average molecular weight is 479 g/mol. The third-order valence-electron chi connectivity index (χ3n) is 4.30. The SMILES string of the molecule is CCCOCCOCCOCc1ccccc1.OCCOCCOCCOCc1ccccc1. The summed E-state index contributed by atoms with van der Waals surface area (Å²) in [4.78, 5) is 0. The van der Waals surface area contributed by atoms with Gasteiger partial charge in [0.05, 0.1) is 79.3 Å². The summed E-state index contributed by atoms with van der Waals surface area (Å²) in [6.45, 7) is 9.37. The van der Waals surface area contributed by atoms with Crippen molar-refractivity contribution in [2.24, 2.45) is 0 Å². The molecule has 2 aromatic carbocycles. The fourth-order valence-corrected chi connectivity index (χ4v) is 2.62. The van der Waals surface area contributed by atoms with Crippen molar-refractivity contribution >= 4 is 0 Å². The van der Waals surface area contributed by atoms with Gasteiger partial charge in [0.25, 0.3) is 0 Å². The minimum Gasteiger partial charge on any atom is -0.394 e. The molecule has 34 heavy (non-hydrogen) atoms. The van der Waals surface area contributed by atoms with Crippen LogP contribution in [0.3, 0.4) is 0 Å². The Kier molecular flexibility index (Phi) is 21.6. The molecule has 0 heterocycles. The van der Waals surface area contributed by atoms with E-state index in [2.05, 4.69) is 19.1 Å². The zero-order chi connectivity index (χ0) is 24.4. The highest BCUT2D eigenvalue weighted by molar-refractivity contribution is 5.14. The number of aliphatic hydroxyl groups excluding tert-OH is 1. The van der Waals surface area contributed by atoms with Crippen LogP contribution in [0.2, 0.25) is 0 Å². The molecule has 0 amide bonds. The van der Waals surface area contributed by atoms with E-state index in [0.29, 0.717) is 72.7 Å². The minimum atomic E-state index is 0.0557. The second-order valence-corrected chi connectivity index (χ2v) is 7.25. The highest BCUT2D eigenvalue weighted by atomic mass is 16.5. The molecule has 7 nitrogen and oxygen atoms in total. The predicted octanol–water partition coefficient (Wildman–Crippen LogP) is 3.88. The summed E-state index contributed by atoms with van der Waals surface area (Å²) in [6, 6.07) is 20.2. The molecule has 0 radical (unpaired) electrons. The van der Waals surface area contributed by atoms with Crippen molar-refractivity contribution < 1.29 is 33.5 Å². The molecular formula is C27H42O7. The van der Waals surface area contributed by atoms with E-state index in [1.807, 2.05) is 48.5 Å². The van der Waals surface area contributed by atoms with Crippen molar-refractivity contribution in [2.45, 2.75) is 26.6 Å². The van der Waals surface area contributed by atoms with Gasteiger partial charge in [-0.2, -0.15) is 0 Å². The molecule has 0 bridgehead atoms. The molecule has 0 saturated heterocycles. The summed E-state index contributed by atoms with van der Waals surface area (Å²) in [6.07, 6.45) is 1.06. The summed E-state index contributed by atoms with van der Waals surface area (Å²) < 4.78 is 31.9. The topological polar surface area (TPSA) is 75.6 Å². The highest BCUT2D eigenvalue weighted by Gasteiger charge is 1.94. The first-order valence-corrected chi connectivity index (χ1v) is 12.0. The second-order valence-electron chi connectivity index (χ2n) is 7.25. The molecule has 2 rings (SSSR count). The van der Waals surface area contributed by atoms with Gasteiger partial charge in [0, 0.05) is 6.61 Å². The van der Waals surface area contributed by atoms with Crippen LogP contribution in [-0.4, -0.2) is 77.8 Å². The number of benzene rings is 2. The minimum absolute atomic E-state index is 0.0557. The fourth-order valence-electron chi connectivity index (χ4n) is 2.62. The van der Waals surface area contributed by atoms with Gasteiger partial charge in [-0.25, -0.2) is 0 Å². The molecule has 0 aromatic heterocycles. The molecule has 0 aliphatic carbocycles. The number of hydrogen-bond acceptors (Lipinski definition) is 7. The maximum Gasteiger partial charge on any atom is 0.0718 e. The van der Waals surface area contributed by atoms with E-state index in [-0.39, 0.29) is 6.61 Å². The van der Waals surface area contributed by atoms with Crippen LogP contribution in [0.15, 0.2) is 60.7 Å². The maximum atomic E-state index is 8.46. The van der Waals surface area contributed by atoms with Crippen molar-refractivity contribution in [3.63, 3.8) is 0 Å². The van der Waals surface area contributed by atoms with E-state index in [4.69, 9.17) is 33.5 Å². The van der Waals surface area contributed by atoms with Crippen LogP contribution in [0.5, 0.6) is 0 Å². The lowest BCUT2D eigenvalue weighted by atomic mass is 10.2. The number of aliphatic hydroxyl groups is 1. The van der Waals surface area contributed by atoms with Gasteiger partial charge < -0.3 is 33.5 Å². The Morgan fingerprint density at radius 3 is 1.21 bits per heavy atom. The quantitative estimate of drug-likeness (QED) is 0.290. The fraction of sp³-hybridized carbons (Fsp3) is 0.556. The van der Waals surface area contributed by atoms with E-state index < -0.39 is 0 Å². The van der Waals surface area contributed by atoms with Crippen LogP contribution in [-0.2, 0) is 41.6 Å². The Labute approximate surface area is 204 Å². The van der Waals surface area contributed by atoms with Crippen LogP contribution in [0.1, 0.15) is 24.5 Å². The third-order valence-corrected chi connectivity index (χ3v) is 4.30. The van der Waals surface area contributed by atoms with Gasteiger partial charge in [-0.1, -0.05) is 67.6 Å². The zero-order valence-electron chi connectivity index (χ0n) is 20.6. The lowest BCUT2D eigenvalue weighted by Crippen LogP contribution is -2.10. The van der Waals surface area contributed by atoms with Gasteiger partial charge in [0.1, 0.15) is 0 Å². The van der Waals surface area contributed by atoms with Gasteiger partial charge in [-0.05, 0) is 17.5 Å². The van der Waals surface area contributed by atoms with Crippen LogP contribution in [0, 0.1) is 0 Å². The van der Waals surface area contributed by atoms with Gasteiger partial charge >= 0.3 is 0 Å². The molecule has 0 atom stereocenters. The first-order chi connectivity index (χ1) is 16.9. The Balaban J connectivity index is 0.000000340. The van der Waals surface area contributed by atoms with Crippen molar-refractivity contribution in [2.75, 3.05) is 72.7 Å². The number of rotatable bonds is 20. The number of hydrogen-bond donors (Lipinski definition) is 1. The number of ether oxygens (including phenoxy) is 6. The molecule has 0 fully saturated rings.